The molecule has 0 bridgehead atoms. The molecule has 1 aliphatic rings. The highest BCUT2D eigenvalue weighted by molar-refractivity contribution is 5.95. The lowest BCUT2D eigenvalue weighted by Crippen LogP contribution is -2.48. The van der Waals surface area contributed by atoms with Gasteiger partial charge in [0.1, 0.15) is 0 Å². The minimum Gasteiger partial charge on any atom is -0.368 e. The zero-order valence-corrected chi connectivity index (χ0v) is 14.1. The number of carbonyl (C=O) groups is 1. The number of anilines is 1. The van der Waals surface area contributed by atoms with Gasteiger partial charge in [-0.25, -0.2) is 4.79 Å². The summed E-state index contributed by atoms with van der Waals surface area (Å²) in [5.41, 5.74) is 4.27. The van der Waals surface area contributed by atoms with Crippen molar-refractivity contribution in [2.45, 2.75) is 6.92 Å². The van der Waals surface area contributed by atoms with Crippen LogP contribution in [0.15, 0.2) is 47.3 Å². The number of imidazole rings is 1. The smallest absolute Gasteiger partial charge is 0.323 e. The summed E-state index contributed by atoms with van der Waals surface area (Å²) in [6.07, 6.45) is 0. The molecule has 2 aromatic carbocycles. The van der Waals surface area contributed by atoms with Crippen LogP contribution in [0.3, 0.4) is 0 Å². The Hall–Kier alpha value is -3.02. The van der Waals surface area contributed by atoms with Crippen LogP contribution in [0.1, 0.15) is 15.9 Å². The lowest BCUT2D eigenvalue weighted by atomic mass is 10.1. The Labute approximate surface area is 145 Å². The fourth-order valence-electron chi connectivity index (χ4n) is 3.37. The van der Waals surface area contributed by atoms with Gasteiger partial charge in [-0.3, -0.25) is 4.79 Å². The van der Waals surface area contributed by atoms with Crippen molar-refractivity contribution in [3.05, 3.63) is 64.1 Å². The molecular weight excluding hydrogens is 316 g/mol. The van der Waals surface area contributed by atoms with E-state index in [1.165, 1.54) is 0 Å². The molecule has 3 aromatic rings. The third kappa shape index (κ3) is 2.91. The van der Waals surface area contributed by atoms with Gasteiger partial charge in [0.15, 0.2) is 0 Å². The van der Waals surface area contributed by atoms with E-state index in [4.69, 9.17) is 0 Å². The van der Waals surface area contributed by atoms with E-state index in [9.17, 15) is 9.59 Å². The van der Waals surface area contributed by atoms with E-state index in [2.05, 4.69) is 14.9 Å². The lowest BCUT2D eigenvalue weighted by molar-refractivity contribution is 0.0746. The van der Waals surface area contributed by atoms with Gasteiger partial charge in [0.2, 0.25) is 0 Å². The van der Waals surface area contributed by atoms with E-state index in [1.54, 1.807) is 0 Å². The lowest BCUT2D eigenvalue weighted by Gasteiger charge is -2.36. The summed E-state index contributed by atoms with van der Waals surface area (Å²) in [6.45, 7) is 4.90. The monoisotopic (exact) mass is 336 g/mol. The van der Waals surface area contributed by atoms with E-state index in [-0.39, 0.29) is 11.6 Å². The Morgan fingerprint density at radius 2 is 1.68 bits per heavy atom. The number of carbonyl (C=O) groups excluding carboxylic acids is 1. The molecule has 6 nitrogen and oxygen atoms in total. The van der Waals surface area contributed by atoms with Gasteiger partial charge in [-0.1, -0.05) is 18.2 Å². The molecule has 1 amide bonds. The molecule has 1 saturated heterocycles. The first-order valence-corrected chi connectivity index (χ1v) is 8.44. The van der Waals surface area contributed by atoms with Crippen molar-refractivity contribution in [2.75, 3.05) is 31.1 Å². The molecule has 0 radical (unpaired) electrons. The van der Waals surface area contributed by atoms with E-state index in [0.717, 1.165) is 40.9 Å². The second-order valence-electron chi connectivity index (χ2n) is 6.40. The number of rotatable bonds is 2. The molecule has 6 heteroatoms. The fraction of sp³-hybridized carbons (Fsp3) is 0.263. The number of amides is 1. The van der Waals surface area contributed by atoms with Crippen LogP contribution in [-0.2, 0) is 0 Å². The first kappa shape index (κ1) is 15.5. The molecule has 1 aliphatic heterocycles. The van der Waals surface area contributed by atoms with Crippen LogP contribution in [0.5, 0.6) is 0 Å². The first-order valence-electron chi connectivity index (χ1n) is 8.44. The highest BCUT2D eigenvalue weighted by atomic mass is 16.2. The fourth-order valence-corrected chi connectivity index (χ4v) is 3.37. The molecule has 1 fully saturated rings. The Morgan fingerprint density at radius 3 is 2.44 bits per heavy atom. The van der Waals surface area contributed by atoms with Crippen molar-refractivity contribution >= 4 is 22.6 Å². The number of H-pyrrole nitrogens is 2. The summed E-state index contributed by atoms with van der Waals surface area (Å²) < 4.78 is 0. The largest absolute Gasteiger partial charge is 0.368 e. The van der Waals surface area contributed by atoms with Gasteiger partial charge in [0, 0.05) is 37.4 Å². The van der Waals surface area contributed by atoms with Gasteiger partial charge in [-0.05, 0) is 36.8 Å². The summed E-state index contributed by atoms with van der Waals surface area (Å²) in [5.74, 6) is 0.100. The number of piperazine rings is 1. The predicted octanol–water partition coefficient (Wildman–Crippen LogP) is 2.13. The van der Waals surface area contributed by atoms with Crippen LogP contribution in [0.2, 0.25) is 0 Å². The maximum Gasteiger partial charge on any atom is 0.323 e. The Balaban J connectivity index is 1.48. The zero-order chi connectivity index (χ0) is 17.4. The highest BCUT2D eigenvalue weighted by Crippen LogP contribution is 2.21. The van der Waals surface area contributed by atoms with E-state index >= 15 is 0 Å². The van der Waals surface area contributed by atoms with Crippen molar-refractivity contribution in [3.63, 3.8) is 0 Å². The number of benzene rings is 2. The number of nitrogens with zero attached hydrogens (tertiary/aromatic N) is 2. The van der Waals surface area contributed by atoms with Crippen molar-refractivity contribution in [3.8, 4) is 0 Å². The van der Waals surface area contributed by atoms with Gasteiger partial charge >= 0.3 is 5.69 Å². The second kappa shape index (κ2) is 6.12. The SMILES string of the molecule is Cc1ccccc1C(=O)N1CCN(c2ccc3[nH]c(=O)[nH]c3c2)CC1. The van der Waals surface area contributed by atoms with E-state index in [1.807, 2.05) is 54.3 Å². The van der Waals surface area contributed by atoms with Crippen LogP contribution in [0.4, 0.5) is 5.69 Å². The molecule has 0 unspecified atom stereocenters. The number of aryl methyl sites for hydroxylation is 1. The Kier molecular flexibility index (Phi) is 3.80. The summed E-state index contributed by atoms with van der Waals surface area (Å²) in [5, 5.41) is 0. The molecule has 25 heavy (non-hydrogen) atoms. The molecular formula is C19H20N4O2. The van der Waals surface area contributed by atoms with Gasteiger partial charge in [0.05, 0.1) is 11.0 Å². The van der Waals surface area contributed by atoms with Crippen molar-refractivity contribution in [1.82, 2.24) is 14.9 Å². The van der Waals surface area contributed by atoms with E-state index < -0.39 is 0 Å². The minimum atomic E-state index is -0.194. The Morgan fingerprint density at radius 1 is 0.960 bits per heavy atom. The summed E-state index contributed by atoms with van der Waals surface area (Å²) in [4.78, 5) is 33.8. The second-order valence-corrected chi connectivity index (χ2v) is 6.40. The van der Waals surface area contributed by atoms with Gasteiger partial charge in [-0.2, -0.15) is 0 Å². The number of aromatic amines is 2. The third-order valence-corrected chi connectivity index (χ3v) is 4.81. The summed E-state index contributed by atoms with van der Waals surface area (Å²) in [6, 6.07) is 13.6. The van der Waals surface area contributed by atoms with Crippen LogP contribution in [0.25, 0.3) is 11.0 Å². The average Bonchev–Trinajstić information content (AvgIpc) is 3.01. The van der Waals surface area contributed by atoms with Crippen LogP contribution >= 0.6 is 0 Å². The standard InChI is InChI=1S/C19H20N4O2/c1-13-4-2-3-5-15(13)18(24)23-10-8-22(9-11-23)14-6-7-16-17(12-14)21-19(25)20-16/h2-7,12H,8-11H2,1H3,(H2,20,21,25). The van der Waals surface area contributed by atoms with Crippen molar-refractivity contribution in [1.29, 1.82) is 0 Å². The molecule has 0 aliphatic carbocycles. The predicted molar refractivity (Wildman–Crippen MR) is 98.2 cm³/mol. The molecule has 128 valence electrons. The molecule has 2 N–H and O–H groups in total. The topological polar surface area (TPSA) is 72.2 Å². The van der Waals surface area contributed by atoms with Crippen molar-refractivity contribution in [2.24, 2.45) is 0 Å². The maximum atomic E-state index is 12.7. The Bertz CT molecular complexity index is 980. The quantitative estimate of drug-likeness (QED) is 0.753. The maximum absolute atomic E-state index is 12.7. The number of nitrogens with one attached hydrogen (secondary N) is 2. The molecule has 4 rings (SSSR count). The number of hydrogen-bond donors (Lipinski definition) is 2. The number of fused-ring (bicyclic) bond motifs is 1. The molecule has 2 heterocycles. The van der Waals surface area contributed by atoms with Gasteiger partial charge in [-0.15, -0.1) is 0 Å². The average molecular weight is 336 g/mol. The minimum absolute atomic E-state index is 0.100. The first-order chi connectivity index (χ1) is 12.1. The van der Waals surface area contributed by atoms with Crippen LogP contribution in [-0.4, -0.2) is 47.0 Å². The summed E-state index contributed by atoms with van der Waals surface area (Å²) >= 11 is 0. The third-order valence-electron chi connectivity index (χ3n) is 4.81. The summed E-state index contributed by atoms with van der Waals surface area (Å²) in [7, 11) is 0. The molecule has 1 aromatic heterocycles. The van der Waals surface area contributed by atoms with Crippen LogP contribution < -0.4 is 10.6 Å². The van der Waals surface area contributed by atoms with Crippen molar-refractivity contribution < 1.29 is 4.79 Å². The molecule has 0 atom stereocenters. The highest BCUT2D eigenvalue weighted by Gasteiger charge is 2.23. The van der Waals surface area contributed by atoms with Gasteiger partial charge < -0.3 is 19.8 Å². The molecule has 0 spiro atoms. The van der Waals surface area contributed by atoms with E-state index in [0.29, 0.717) is 13.1 Å². The molecule has 0 saturated carbocycles. The van der Waals surface area contributed by atoms with Gasteiger partial charge in [0.25, 0.3) is 5.91 Å². The number of aromatic nitrogens is 2. The normalized spacial score (nSPS) is 14.9. The number of hydrogen-bond acceptors (Lipinski definition) is 3. The van der Waals surface area contributed by atoms with Crippen LogP contribution in [0, 0.1) is 6.92 Å². The zero-order valence-electron chi connectivity index (χ0n) is 14.1.